The van der Waals surface area contributed by atoms with E-state index in [1.807, 2.05) is 29.6 Å². The molecule has 7 nitrogen and oxygen atoms in total. The van der Waals surface area contributed by atoms with Crippen LogP contribution in [-0.2, 0) is 4.79 Å². The summed E-state index contributed by atoms with van der Waals surface area (Å²) in [6, 6.07) is 10.5. The van der Waals surface area contributed by atoms with Crippen LogP contribution >= 0.6 is 35.3 Å². The molecular weight excluding hydrogens is 414 g/mol. The number of para-hydroxylation sites is 1. The minimum absolute atomic E-state index is 0.119. The minimum atomic E-state index is -0.592. The zero-order valence-electron chi connectivity index (χ0n) is 15.5. The van der Waals surface area contributed by atoms with Crippen LogP contribution in [0.5, 0.6) is 0 Å². The highest BCUT2D eigenvalue weighted by Crippen LogP contribution is 2.30. The van der Waals surface area contributed by atoms with Crippen LogP contribution in [0, 0.1) is 4.77 Å². The van der Waals surface area contributed by atoms with Crippen LogP contribution < -0.4 is 5.32 Å². The molecule has 3 rings (SSSR count). The van der Waals surface area contributed by atoms with Crippen LogP contribution in [0.2, 0.25) is 0 Å². The van der Waals surface area contributed by atoms with Gasteiger partial charge in [0, 0.05) is 19.0 Å². The summed E-state index contributed by atoms with van der Waals surface area (Å²) >= 11 is 7.92. The lowest BCUT2D eigenvalue weighted by molar-refractivity contribution is -0.118. The van der Waals surface area contributed by atoms with Crippen molar-refractivity contribution < 1.29 is 9.59 Å². The van der Waals surface area contributed by atoms with Gasteiger partial charge in [0.15, 0.2) is 10.6 Å². The van der Waals surface area contributed by atoms with E-state index in [1.165, 1.54) is 16.2 Å². The van der Waals surface area contributed by atoms with E-state index in [0.717, 1.165) is 16.6 Å². The van der Waals surface area contributed by atoms with Gasteiger partial charge in [-0.2, -0.15) is 5.10 Å². The molecule has 146 valence electrons. The number of hydrogen-bond donors (Lipinski definition) is 2. The summed E-state index contributed by atoms with van der Waals surface area (Å²) < 4.78 is 2.06. The Morgan fingerprint density at radius 1 is 1.29 bits per heavy atom. The molecule has 0 spiro atoms. The number of carbonyl (C=O) groups excluding carboxylic acids is 2. The minimum Gasteiger partial charge on any atom is -0.339 e. The number of aromatic nitrogens is 3. The van der Waals surface area contributed by atoms with Crippen LogP contribution in [0.25, 0.3) is 10.7 Å². The summed E-state index contributed by atoms with van der Waals surface area (Å²) in [6.07, 6.45) is 0. The Morgan fingerprint density at radius 2 is 2.04 bits per heavy atom. The van der Waals surface area contributed by atoms with Crippen molar-refractivity contribution in [3.63, 3.8) is 0 Å². The fourth-order valence-corrected chi connectivity index (χ4v) is 4.19. The van der Waals surface area contributed by atoms with E-state index in [2.05, 4.69) is 15.5 Å². The second-order valence-corrected chi connectivity index (χ2v) is 8.45. The van der Waals surface area contributed by atoms with Crippen LogP contribution in [-0.4, -0.2) is 44.9 Å². The van der Waals surface area contributed by atoms with Gasteiger partial charge in [0.1, 0.15) is 6.04 Å². The number of nitrogens with zero attached hydrogens (tertiary/aromatic N) is 3. The number of hydrogen-bond acceptors (Lipinski definition) is 6. The van der Waals surface area contributed by atoms with Crippen molar-refractivity contribution in [1.82, 2.24) is 19.7 Å². The Labute approximate surface area is 175 Å². The van der Waals surface area contributed by atoms with Gasteiger partial charge in [-0.15, -0.1) is 11.3 Å². The fraction of sp³-hybridized carbons (Fsp3) is 0.222. The highest BCUT2D eigenvalue weighted by atomic mass is 32.2. The third-order valence-corrected chi connectivity index (χ3v) is 6.19. The first kappa shape index (κ1) is 20.3. The molecule has 2 heterocycles. The second kappa shape index (κ2) is 8.72. The van der Waals surface area contributed by atoms with Gasteiger partial charge in [-0.1, -0.05) is 18.2 Å². The van der Waals surface area contributed by atoms with Crippen molar-refractivity contribution in [2.75, 3.05) is 19.4 Å². The number of thiophene rings is 1. The fourth-order valence-electron chi connectivity index (χ4n) is 2.44. The number of H-pyrrole nitrogens is 1. The zero-order valence-corrected chi connectivity index (χ0v) is 18.0. The van der Waals surface area contributed by atoms with Gasteiger partial charge in [0.2, 0.25) is 5.91 Å². The topological polar surface area (TPSA) is 83.0 Å². The van der Waals surface area contributed by atoms with Gasteiger partial charge >= 0.3 is 0 Å². The van der Waals surface area contributed by atoms with Crippen molar-refractivity contribution in [3.8, 4) is 10.7 Å². The van der Waals surface area contributed by atoms with E-state index in [4.69, 9.17) is 12.2 Å². The summed E-state index contributed by atoms with van der Waals surface area (Å²) in [5.74, 6) is 0.369. The molecule has 0 bridgehead atoms. The van der Waals surface area contributed by atoms with Crippen LogP contribution in [0.3, 0.4) is 0 Å². The van der Waals surface area contributed by atoms with Gasteiger partial charge in [0.05, 0.1) is 10.6 Å². The summed E-state index contributed by atoms with van der Waals surface area (Å²) in [7, 11) is 3.37. The van der Waals surface area contributed by atoms with Crippen molar-refractivity contribution in [3.05, 3.63) is 46.5 Å². The van der Waals surface area contributed by atoms with E-state index in [0.29, 0.717) is 21.2 Å². The molecule has 2 amide bonds. The first-order valence-corrected chi connectivity index (χ1v) is 10.5. The first-order valence-electron chi connectivity index (χ1n) is 8.38. The number of nitrogens with one attached hydrogen (secondary N) is 2. The maximum absolute atomic E-state index is 12.9. The summed E-state index contributed by atoms with van der Waals surface area (Å²) in [6.45, 7) is 1.76. The molecule has 1 unspecified atom stereocenters. The average Bonchev–Trinajstić information content (AvgIpc) is 3.32. The van der Waals surface area contributed by atoms with Crippen molar-refractivity contribution in [2.45, 2.75) is 17.9 Å². The van der Waals surface area contributed by atoms with Gasteiger partial charge < -0.3 is 10.2 Å². The van der Waals surface area contributed by atoms with Gasteiger partial charge in [-0.3, -0.25) is 19.3 Å². The molecule has 0 fully saturated rings. The molecule has 0 saturated carbocycles. The molecule has 0 aliphatic carbocycles. The number of carbonyl (C=O) groups is 2. The summed E-state index contributed by atoms with van der Waals surface area (Å²) in [5.41, 5.74) is 0.576. The Bertz CT molecular complexity index is 1040. The maximum atomic E-state index is 12.9. The van der Waals surface area contributed by atoms with Crippen molar-refractivity contribution >= 4 is 52.2 Å². The molecule has 0 saturated heterocycles. The third-order valence-electron chi connectivity index (χ3n) is 3.92. The number of aromatic amines is 1. The highest BCUT2D eigenvalue weighted by Gasteiger charge is 2.22. The number of benzene rings is 1. The van der Waals surface area contributed by atoms with Crippen LogP contribution in [0.4, 0.5) is 10.5 Å². The molecule has 0 radical (unpaired) electrons. The third kappa shape index (κ3) is 4.34. The van der Waals surface area contributed by atoms with E-state index in [-0.39, 0.29) is 11.1 Å². The van der Waals surface area contributed by atoms with E-state index in [9.17, 15) is 9.59 Å². The Morgan fingerprint density at radius 3 is 2.71 bits per heavy atom. The normalized spacial score (nSPS) is 11.8. The van der Waals surface area contributed by atoms with Crippen LogP contribution in [0.15, 0.2) is 46.7 Å². The van der Waals surface area contributed by atoms with Gasteiger partial charge in [-0.05, 0) is 54.5 Å². The Kier molecular flexibility index (Phi) is 6.32. The monoisotopic (exact) mass is 433 g/mol. The summed E-state index contributed by atoms with van der Waals surface area (Å²) in [4.78, 5) is 28.1. The predicted octanol–water partition coefficient (Wildman–Crippen LogP) is 4.64. The molecule has 0 aliphatic rings. The van der Waals surface area contributed by atoms with Crippen molar-refractivity contribution in [1.29, 1.82) is 0 Å². The number of amides is 2. The molecular formula is C18H19N5O2S3. The smallest absolute Gasteiger partial charge is 0.286 e. The highest BCUT2D eigenvalue weighted by molar-refractivity contribution is 8.13. The zero-order chi connectivity index (χ0) is 20.3. The molecule has 3 aromatic rings. The van der Waals surface area contributed by atoms with Crippen molar-refractivity contribution in [2.24, 2.45) is 0 Å². The quantitative estimate of drug-likeness (QED) is 0.452. The molecule has 1 aromatic carbocycles. The number of thioether (sulfide) groups is 1. The molecule has 1 atom stereocenters. The Balaban J connectivity index is 1.84. The van der Waals surface area contributed by atoms with E-state index in [1.54, 1.807) is 37.7 Å². The van der Waals surface area contributed by atoms with Gasteiger partial charge in [-0.25, -0.2) is 0 Å². The maximum Gasteiger partial charge on any atom is 0.286 e. The molecule has 10 heteroatoms. The summed E-state index contributed by atoms with van der Waals surface area (Å²) in [5, 5.41) is 11.8. The molecule has 2 aromatic heterocycles. The number of rotatable bonds is 5. The predicted molar refractivity (Wildman–Crippen MR) is 115 cm³/mol. The molecule has 2 N–H and O–H groups in total. The Hall–Kier alpha value is -2.43. The van der Waals surface area contributed by atoms with Gasteiger partial charge in [0.25, 0.3) is 5.24 Å². The lowest BCUT2D eigenvalue weighted by Crippen LogP contribution is -2.25. The largest absolute Gasteiger partial charge is 0.339 e. The lowest BCUT2D eigenvalue weighted by atomic mass is 10.2. The lowest BCUT2D eigenvalue weighted by Gasteiger charge is -2.17. The van der Waals surface area contributed by atoms with Crippen LogP contribution in [0.1, 0.15) is 13.0 Å². The molecule has 0 aliphatic heterocycles. The van der Waals surface area contributed by atoms with E-state index >= 15 is 0 Å². The van der Waals surface area contributed by atoms with E-state index < -0.39 is 6.04 Å². The molecule has 28 heavy (non-hydrogen) atoms. The average molecular weight is 434 g/mol. The SMILES string of the molecule is CC(C(=O)Nc1ccccc1SC(=O)N(C)C)n1c(-c2cccs2)n[nH]c1=S. The number of anilines is 1. The first-order chi connectivity index (χ1) is 13.4. The standard InChI is InChI=1S/C18H19N5O2S3/c1-11(23-15(20-21-17(23)26)14-9-6-10-27-14)16(24)19-12-7-4-5-8-13(12)28-18(25)22(2)3/h4-11H,1-3H3,(H,19,24)(H,21,26). The second-order valence-electron chi connectivity index (χ2n) is 6.12.